The second-order valence-electron chi connectivity index (χ2n) is 6.15. The number of rotatable bonds is 7. The highest BCUT2D eigenvalue weighted by Crippen LogP contribution is 2.36. The maximum atomic E-state index is 13.3. The molecule has 0 spiro atoms. The first-order chi connectivity index (χ1) is 14.2. The lowest BCUT2D eigenvalue weighted by atomic mass is 10.2. The van der Waals surface area contributed by atoms with Crippen molar-refractivity contribution >= 4 is 35.1 Å². The van der Waals surface area contributed by atoms with E-state index < -0.39 is 41.2 Å². The Morgan fingerprint density at radius 3 is 2.47 bits per heavy atom. The lowest BCUT2D eigenvalue weighted by molar-refractivity contribution is -0.119. The molecule has 0 aliphatic heterocycles. The van der Waals surface area contributed by atoms with Crippen LogP contribution in [0.5, 0.6) is 0 Å². The van der Waals surface area contributed by atoms with E-state index in [2.05, 4.69) is 20.5 Å². The Kier molecular flexibility index (Phi) is 6.61. The Morgan fingerprint density at radius 1 is 1.13 bits per heavy atom. The summed E-state index contributed by atoms with van der Waals surface area (Å²) in [4.78, 5) is 16.4. The van der Waals surface area contributed by atoms with Crippen LogP contribution >= 0.6 is 23.2 Å². The molecule has 2 aromatic heterocycles. The maximum absolute atomic E-state index is 13.3. The Balaban J connectivity index is 1.76. The minimum Gasteiger partial charge on any atom is -0.291 e. The average molecular weight is 465 g/mol. The standard InChI is InChI=1S/C17H14Cl2F4N6O/c1-8(29-13(15(22)23)11(19)12(26-29)14(20)21)16(30)25-17-24-7-28(27-17)6-9-4-2-3-5-10(9)18/h2-5,7-8,14-15H,6H2,1H3,(H,25,27,30). The smallest absolute Gasteiger partial charge is 0.283 e. The molecule has 0 bridgehead atoms. The van der Waals surface area contributed by atoms with Crippen molar-refractivity contribution in [1.82, 2.24) is 24.5 Å². The quantitative estimate of drug-likeness (QED) is 0.504. The number of nitrogens with zero attached hydrogens (tertiary/aromatic N) is 5. The number of carbonyl (C=O) groups excluding carboxylic acids is 1. The second-order valence-corrected chi connectivity index (χ2v) is 6.94. The minimum absolute atomic E-state index is 0.107. The Morgan fingerprint density at radius 2 is 1.83 bits per heavy atom. The summed E-state index contributed by atoms with van der Waals surface area (Å²) < 4.78 is 54.4. The van der Waals surface area contributed by atoms with Crippen molar-refractivity contribution < 1.29 is 22.4 Å². The van der Waals surface area contributed by atoms with Crippen molar-refractivity contribution in [3.05, 3.63) is 57.6 Å². The average Bonchev–Trinajstić information content (AvgIpc) is 3.26. The number of hydrogen-bond donors (Lipinski definition) is 1. The molecule has 0 saturated heterocycles. The maximum Gasteiger partial charge on any atom is 0.283 e. The fraction of sp³-hybridized carbons (Fsp3) is 0.294. The van der Waals surface area contributed by atoms with Gasteiger partial charge in [-0.2, -0.15) is 5.10 Å². The van der Waals surface area contributed by atoms with Crippen LogP contribution in [0.2, 0.25) is 10.0 Å². The van der Waals surface area contributed by atoms with Gasteiger partial charge < -0.3 is 0 Å². The van der Waals surface area contributed by atoms with Crippen LogP contribution in [0.3, 0.4) is 0 Å². The third kappa shape index (κ3) is 4.57. The van der Waals surface area contributed by atoms with E-state index in [1.54, 1.807) is 24.3 Å². The van der Waals surface area contributed by atoms with E-state index in [-0.39, 0.29) is 12.5 Å². The highest BCUT2D eigenvalue weighted by Gasteiger charge is 2.32. The molecule has 0 fully saturated rings. The van der Waals surface area contributed by atoms with E-state index in [9.17, 15) is 22.4 Å². The van der Waals surface area contributed by atoms with Crippen molar-refractivity contribution in [1.29, 1.82) is 0 Å². The lowest BCUT2D eigenvalue weighted by Gasteiger charge is -2.14. The monoisotopic (exact) mass is 464 g/mol. The van der Waals surface area contributed by atoms with E-state index in [4.69, 9.17) is 23.2 Å². The molecule has 160 valence electrons. The first-order valence-electron chi connectivity index (χ1n) is 8.46. The third-order valence-corrected chi connectivity index (χ3v) is 4.89. The molecule has 7 nitrogen and oxygen atoms in total. The van der Waals surface area contributed by atoms with Crippen molar-refractivity contribution in [3.63, 3.8) is 0 Å². The highest BCUT2D eigenvalue weighted by molar-refractivity contribution is 6.32. The molecule has 0 radical (unpaired) electrons. The Labute approximate surface area is 177 Å². The SMILES string of the molecule is CC(C(=O)Nc1ncn(Cc2ccccc2Cl)n1)n1nc(C(F)F)c(Cl)c1C(F)F. The van der Waals surface area contributed by atoms with Crippen LogP contribution in [-0.4, -0.2) is 30.5 Å². The number of alkyl halides is 4. The van der Waals surface area contributed by atoms with E-state index >= 15 is 0 Å². The van der Waals surface area contributed by atoms with Gasteiger partial charge in [0.2, 0.25) is 5.95 Å². The lowest BCUT2D eigenvalue weighted by Crippen LogP contribution is -2.26. The zero-order valence-electron chi connectivity index (χ0n) is 15.2. The van der Waals surface area contributed by atoms with Crippen molar-refractivity contribution in [3.8, 4) is 0 Å². The molecule has 13 heteroatoms. The molecule has 3 rings (SSSR count). The van der Waals surface area contributed by atoms with Gasteiger partial charge in [-0.1, -0.05) is 41.4 Å². The van der Waals surface area contributed by atoms with Gasteiger partial charge in [0, 0.05) is 5.02 Å². The predicted molar refractivity (Wildman–Crippen MR) is 101 cm³/mol. The molecule has 3 aromatic rings. The van der Waals surface area contributed by atoms with Crippen LogP contribution in [0.4, 0.5) is 23.5 Å². The normalized spacial score (nSPS) is 12.6. The molecule has 1 amide bonds. The molecule has 2 heterocycles. The van der Waals surface area contributed by atoms with Crippen LogP contribution in [0, 0.1) is 0 Å². The molecule has 0 aliphatic carbocycles. The van der Waals surface area contributed by atoms with Crippen molar-refractivity contribution in [2.45, 2.75) is 32.4 Å². The number of halogens is 6. The molecule has 0 aliphatic rings. The Hall–Kier alpha value is -2.66. The zero-order chi connectivity index (χ0) is 22.0. The molecular weight excluding hydrogens is 451 g/mol. The fourth-order valence-corrected chi connectivity index (χ4v) is 3.12. The summed E-state index contributed by atoms with van der Waals surface area (Å²) in [6, 6.07) is 5.69. The van der Waals surface area contributed by atoms with Crippen LogP contribution in [-0.2, 0) is 11.3 Å². The first kappa shape index (κ1) is 22.0. The number of hydrogen-bond acceptors (Lipinski definition) is 4. The van der Waals surface area contributed by atoms with E-state index in [1.165, 1.54) is 17.9 Å². The van der Waals surface area contributed by atoms with Gasteiger partial charge in [-0.05, 0) is 18.6 Å². The Bertz CT molecular complexity index is 1050. The van der Waals surface area contributed by atoms with Crippen LogP contribution in [0.15, 0.2) is 30.6 Å². The molecule has 0 saturated carbocycles. The summed E-state index contributed by atoms with van der Waals surface area (Å²) in [5.74, 6) is -0.947. The molecule has 1 N–H and O–H groups in total. The van der Waals surface area contributed by atoms with Gasteiger partial charge >= 0.3 is 0 Å². The molecule has 1 unspecified atom stereocenters. The predicted octanol–water partition coefficient (Wildman–Crippen LogP) is 4.90. The van der Waals surface area contributed by atoms with Gasteiger partial charge in [0.1, 0.15) is 23.8 Å². The van der Waals surface area contributed by atoms with E-state index in [1.807, 2.05) is 0 Å². The number of carbonyl (C=O) groups is 1. The highest BCUT2D eigenvalue weighted by atomic mass is 35.5. The van der Waals surface area contributed by atoms with Crippen LogP contribution < -0.4 is 5.32 Å². The fourth-order valence-electron chi connectivity index (χ4n) is 2.63. The zero-order valence-corrected chi connectivity index (χ0v) is 16.7. The van der Waals surface area contributed by atoms with Gasteiger partial charge in [0.15, 0.2) is 0 Å². The number of anilines is 1. The van der Waals surface area contributed by atoms with Crippen molar-refractivity contribution in [2.24, 2.45) is 0 Å². The summed E-state index contributed by atoms with van der Waals surface area (Å²) in [7, 11) is 0. The molecule has 1 aromatic carbocycles. The number of benzene rings is 1. The first-order valence-corrected chi connectivity index (χ1v) is 9.22. The van der Waals surface area contributed by atoms with Gasteiger partial charge in [0.25, 0.3) is 18.8 Å². The summed E-state index contributed by atoms with van der Waals surface area (Å²) in [6.07, 6.45) is -5.04. The summed E-state index contributed by atoms with van der Waals surface area (Å²) in [5.41, 5.74) is -1.22. The summed E-state index contributed by atoms with van der Waals surface area (Å²) >= 11 is 11.7. The van der Waals surface area contributed by atoms with E-state index in [0.29, 0.717) is 9.70 Å². The molecular formula is C17H14Cl2F4N6O. The largest absolute Gasteiger partial charge is 0.291 e. The van der Waals surface area contributed by atoms with E-state index in [0.717, 1.165) is 5.56 Å². The topological polar surface area (TPSA) is 77.6 Å². The van der Waals surface area contributed by atoms with Gasteiger partial charge in [-0.25, -0.2) is 31.9 Å². The van der Waals surface area contributed by atoms with Gasteiger partial charge in [-0.3, -0.25) is 10.1 Å². The second kappa shape index (κ2) is 9.00. The van der Waals surface area contributed by atoms with Crippen LogP contribution in [0.1, 0.15) is 42.8 Å². The molecule has 1 atom stereocenters. The number of amides is 1. The van der Waals surface area contributed by atoms with Gasteiger partial charge in [-0.15, -0.1) is 5.10 Å². The minimum atomic E-state index is -3.21. The molecule has 30 heavy (non-hydrogen) atoms. The van der Waals surface area contributed by atoms with Crippen LogP contribution in [0.25, 0.3) is 0 Å². The van der Waals surface area contributed by atoms with Gasteiger partial charge in [0.05, 0.1) is 11.6 Å². The van der Waals surface area contributed by atoms with Crippen molar-refractivity contribution in [2.75, 3.05) is 5.32 Å². The number of aromatic nitrogens is 5. The summed E-state index contributed by atoms with van der Waals surface area (Å²) in [6.45, 7) is 1.49. The summed E-state index contributed by atoms with van der Waals surface area (Å²) in [5, 5.41) is 9.44. The number of nitrogens with one attached hydrogen (secondary N) is 1. The third-order valence-electron chi connectivity index (χ3n) is 4.13.